The van der Waals surface area contributed by atoms with E-state index >= 15 is 0 Å². The minimum atomic E-state index is -0.683. The molecule has 0 saturated heterocycles. The summed E-state index contributed by atoms with van der Waals surface area (Å²) in [6.07, 6.45) is 3.33. The third kappa shape index (κ3) is 5.08. The van der Waals surface area contributed by atoms with Gasteiger partial charge >= 0.3 is 0 Å². The second kappa shape index (κ2) is 9.87. The Morgan fingerprint density at radius 3 is 2.49 bits per heavy atom. The van der Waals surface area contributed by atoms with Gasteiger partial charge in [-0.05, 0) is 44.2 Å². The van der Waals surface area contributed by atoms with Crippen LogP contribution >= 0.6 is 11.6 Å². The SMILES string of the molecule is CN(C)C(=O)c1cc(Nc2ccc3c(c2)c(NC(C)(C)c2ncccn2)cc(=O)n3C)c(C#N)c(Cl)n1. The lowest BCUT2D eigenvalue weighted by atomic mass is 10.0. The second-order valence-electron chi connectivity index (χ2n) is 9.17. The Bertz CT molecular complexity index is 1610. The smallest absolute Gasteiger partial charge is 0.272 e. The van der Waals surface area contributed by atoms with Crippen molar-refractivity contribution in [2.45, 2.75) is 19.4 Å². The van der Waals surface area contributed by atoms with Crippen molar-refractivity contribution in [2.75, 3.05) is 24.7 Å². The molecule has 11 heteroatoms. The van der Waals surface area contributed by atoms with Gasteiger partial charge in [-0.25, -0.2) is 15.0 Å². The molecule has 0 bridgehead atoms. The summed E-state index contributed by atoms with van der Waals surface area (Å²) in [5.74, 6) is 0.223. The molecule has 0 spiro atoms. The van der Waals surface area contributed by atoms with E-state index in [2.05, 4.69) is 25.6 Å². The van der Waals surface area contributed by atoms with Crippen molar-refractivity contribution in [1.82, 2.24) is 24.4 Å². The number of nitrogens with zero attached hydrogens (tertiary/aromatic N) is 6. The number of aromatic nitrogens is 4. The lowest BCUT2D eigenvalue weighted by Crippen LogP contribution is -2.31. The normalized spacial score (nSPS) is 11.2. The summed E-state index contributed by atoms with van der Waals surface area (Å²) >= 11 is 6.23. The van der Waals surface area contributed by atoms with Crippen LogP contribution in [-0.4, -0.2) is 44.4 Å². The number of aryl methyl sites for hydroxylation is 1. The molecule has 37 heavy (non-hydrogen) atoms. The third-order valence-electron chi connectivity index (χ3n) is 5.81. The van der Waals surface area contributed by atoms with Crippen molar-refractivity contribution < 1.29 is 4.79 Å². The second-order valence-corrected chi connectivity index (χ2v) is 9.52. The van der Waals surface area contributed by atoms with E-state index in [1.807, 2.05) is 26.0 Å². The lowest BCUT2D eigenvalue weighted by Gasteiger charge is -2.27. The van der Waals surface area contributed by atoms with Crippen LogP contribution in [0, 0.1) is 11.3 Å². The molecule has 4 aromatic rings. The molecule has 0 aliphatic heterocycles. The Hall–Kier alpha value is -4.49. The Balaban J connectivity index is 1.81. The molecule has 0 aliphatic carbocycles. The standard InChI is InChI=1S/C26H25ClN8O2/c1-26(2,25-29-9-6-10-30-25)33-19-13-22(36)35(5)21-8-7-15(11-16(19)21)31-18-12-20(24(37)34(3)4)32-23(27)17(18)14-28/h6-13,33H,1-5H3,(H,31,32). The average molecular weight is 517 g/mol. The molecule has 1 amide bonds. The van der Waals surface area contributed by atoms with E-state index in [9.17, 15) is 14.9 Å². The van der Waals surface area contributed by atoms with Crippen LogP contribution in [-0.2, 0) is 12.6 Å². The molecule has 188 valence electrons. The molecule has 0 aliphatic rings. The number of amides is 1. The highest BCUT2D eigenvalue weighted by Crippen LogP contribution is 2.32. The third-order valence-corrected chi connectivity index (χ3v) is 6.08. The van der Waals surface area contributed by atoms with Crippen molar-refractivity contribution in [3.05, 3.63) is 81.4 Å². The van der Waals surface area contributed by atoms with Crippen molar-refractivity contribution in [3.63, 3.8) is 0 Å². The van der Waals surface area contributed by atoms with Gasteiger partial charge in [0, 0.05) is 56.4 Å². The summed E-state index contributed by atoms with van der Waals surface area (Å²) in [5, 5.41) is 16.9. The quantitative estimate of drug-likeness (QED) is 0.367. The monoisotopic (exact) mass is 516 g/mol. The summed E-state index contributed by atoms with van der Waals surface area (Å²) in [7, 11) is 4.91. The number of nitriles is 1. The van der Waals surface area contributed by atoms with Crippen molar-refractivity contribution in [2.24, 2.45) is 7.05 Å². The number of hydrogen-bond acceptors (Lipinski definition) is 8. The zero-order chi connectivity index (χ0) is 26.9. The predicted molar refractivity (Wildman–Crippen MR) is 143 cm³/mol. The minimum absolute atomic E-state index is 0.0761. The highest BCUT2D eigenvalue weighted by molar-refractivity contribution is 6.31. The molecular weight excluding hydrogens is 492 g/mol. The van der Waals surface area contributed by atoms with Crippen LogP contribution in [0.15, 0.2) is 53.6 Å². The van der Waals surface area contributed by atoms with E-state index in [0.29, 0.717) is 28.4 Å². The molecule has 0 radical (unpaired) electrons. The van der Waals surface area contributed by atoms with Crippen LogP contribution in [0.5, 0.6) is 0 Å². The number of carbonyl (C=O) groups excluding carboxylic acids is 1. The lowest BCUT2D eigenvalue weighted by molar-refractivity contribution is 0.0822. The van der Waals surface area contributed by atoms with Gasteiger partial charge in [0.2, 0.25) is 0 Å². The first-order valence-electron chi connectivity index (χ1n) is 11.3. The minimum Gasteiger partial charge on any atom is -0.372 e. The molecule has 4 rings (SSSR count). The van der Waals surface area contributed by atoms with Gasteiger partial charge in [0.05, 0.1) is 16.7 Å². The van der Waals surface area contributed by atoms with Gasteiger partial charge in [0.15, 0.2) is 5.82 Å². The number of hydrogen-bond donors (Lipinski definition) is 2. The van der Waals surface area contributed by atoms with E-state index in [4.69, 9.17) is 11.6 Å². The van der Waals surface area contributed by atoms with E-state index in [-0.39, 0.29) is 27.9 Å². The topological polar surface area (TPSA) is 129 Å². The molecule has 0 fully saturated rings. The number of anilines is 3. The molecule has 10 nitrogen and oxygen atoms in total. The van der Waals surface area contributed by atoms with Gasteiger partial charge in [-0.2, -0.15) is 5.26 Å². The first kappa shape index (κ1) is 25.6. The number of pyridine rings is 2. The number of halogens is 1. The van der Waals surface area contributed by atoms with Crippen LogP contribution in [0.4, 0.5) is 17.1 Å². The summed E-state index contributed by atoms with van der Waals surface area (Å²) in [6.45, 7) is 3.85. The number of nitrogens with one attached hydrogen (secondary N) is 2. The largest absolute Gasteiger partial charge is 0.372 e. The maximum atomic E-state index is 12.7. The molecule has 0 unspecified atom stereocenters. The van der Waals surface area contributed by atoms with Gasteiger partial charge in [-0.3, -0.25) is 9.59 Å². The molecule has 0 atom stereocenters. The van der Waals surface area contributed by atoms with Crippen LogP contribution in [0.2, 0.25) is 5.15 Å². The van der Waals surface area contributed by atoms with Crippen molar-refractivity contribution in [3.8, 4) is 6.07 Å². The highest BCUT2D eigenvalue weighted by atomic mass is 35.5. The van der Waals surface area contributed by atoms with E-state index < -0.39 is 5.54 Å². The Morgan fingerprint density at radius 1 is 1.14 bits per heavy atom. The van der Waals surface area contributed by atoms with Crippen LogP contribution in [0.3, 0.4) is 0 Å². The number of rotatable bonds is 6. The maximum absolute atomic E-state index is 12.7. The summed E-state index contributed by atoms with van der Waals surface area (Å²) < 4.78 is 1.55. The zero-order valence-electron chi connectivity index (χ0n) is 21.0. The first-order valence-corrected chi connectivity index (χ1v) is 11.7. The molecule has 3 heterocycles. The number of benzene rings is 1. The van der Waals surface area contributed by atoms with Crippen LogP contribution in [0.1, 0.15) is 35.7 Å². The van der Waals surface area contributed by atoms with Crippen LogP contribution in [0.25, 0.3) is 10.9 Å². The summed E-state index contributed by atoms with van der Waals surface area (Å²) in [6, 6.07) is 12.2. The number of fused-ring (bicyclic) bond motifs is 1. The van der Waals surface area contributed by atoms with Gasteiger partial charge in [-0.1, -0.05) is 11.6 Å². The Morgan fingerprint density at radius 2 is 1.84 bits per heavy atom. The summed E-state index contributed by atoms with van der Waals surface area (Å²) in [5.41, 5.74) is 1.59. The Labute approximate surface area is 218 Å². The van der Waals surface area contributed by atoms with Gasteiger partial charge in [-0.15, -0.1) is 0 Å². The first-order chi connectivity index (χ1) is 17.5. The van der Waals surface area contributed by atoms with Crippen LogP contribution < -0.4 is 16.2 Å². The molecule has 3 aromatic heterocycles. The maximum Gasteiger partial charge on any atom is 0.272 e. The molecule has 0 saturated carbocycles. The molecule has 1 aromatic carbocycles. The van der Waals surface area contributed by atoms with E-state index in [1.54, 1.807) is 56.3 Å². The fourth-order valence-electron chi connectivity index (χ4n) is 3.87. The summed E-state index contributed by atoms with van der Waals surface area (Å²) in [4.78, 5) is 39.4. The number of carbonyl (C=O) groups is 1. The van der Waals surface area contributed by atoms with E-state index in [1.165, 1.54) is 17.0 Å². The van der Waals surface area contributed by atoms with Gasteiger partial charge in [0.25, 0.3) is 11.5 Å². The predicted octanol–water partition coefficient (Wildman–Crippen LogP) is 4.04. The van der Waals surface area contributed by atoms with Gasteiger partial charge in [0.1, 0.15) is 22.5 Å². The Kier molecular flexibility index (Phi) is 6.83. The van der Waals surface area contributed by atoms with Gasteiger partial charge < -0.3 is 20.1 Å². The van der Waals surface area contributed by atoms with Crippen molar-refractivity contribution >= 4 is 45.5 Å². The highest BCUT2D eigenvalue weighted by Gasteiger charge is 2.25. The zero-order valence-corrected chi connectivity index (χ0v) is 21.8. The van der Waals surface area contributed by atoms with E-state index in [0.717, 1.165) is 5.39 Å². The van der Waals surface area contributed by atoms with Crippen molar-refractivity contribution in [1.29, 1.82) is 5.26 Å². The molecular formula is C26H25ClN8O2. The average Bonchev–Trinajstić information content (AvgIpc) is 2.87. The fourth-order valence-corrected chi connectivity index (χ4v) is 4.10. The fraction of sp³-hybridized carbons (Fsp3) is 0.231. The molecule has 2 N–H and O–H groups in total.